The Balaban J connectivity index is 0.00000120. The third kappa shape index (κ3) is 2.57. The van der Waals surface area contributed by atoms with Crippen LogP contribution in [0.4, 0.5) is 4.79 Å². The molecule has 2 amide bonds. The molecule has 1 aromatic rings. The lowest BCUT2D eigenvalue weighted by Crippen LogP contribution is -2.29. The molecule has 2 aliphatic heterocycles. The third-order valence-electron chi connectivity index (χ3n) is 3.28. The van der Waals surface area contributed by atoms with Crippen molar-refractivity contribution >= 4 is 41.0 Å². The van der Waals surface area contributed by atoms with Gasteiger partial charge in [-0.05, 0) is 72.1 Å². The number of amides is 2. The first-order valence-corrected chi connectivity index (χ1v) is 6.81. The monoisotopic (exact) mass is 377 g/mol. The van der Waals surface area contributed by atoms with E-state index in [2.05, 4.69) is 37.9 Å². The maximum atomic E-state index is 11.3. The number of carbonyl (C=O) groups excluding carboxylic acids is 1. The maximum Gasteiger partial charge on any atom is 0.368 e. The molecule has 1 N–H and O–H groups in total. The Kier molecular flexibility index (Phi) is 4.34. The van der Waals surface area contributed by atoms with Crippen LogP contribution in [-0.4, -0.2) is 19.1 Å². The fourth-order valence-electron chi connectivity index (χ4n) is 2.41. The van der Waals surface area contributed by atoms with Crippen LogP contribution in [0.25, 0.3) is 0 Å². The minimum atomic E-state index is -0.368. The summed E-state index contributed by atoms with van der Waals surface area (Å²) in [6.45, 7) is 2.15. The Morgan fingerprint density at radius 1 is 1.39 bits per heavy atom. The highest BCUT2D eigenvalue weighted by Gasteiger charge is 2.19. The number of nitrogens with zero attached hydrogens (tertiary/aromatic N) is 2. The SMILES string of the molecule is Cl.O=C1N=c2ccc(I)c(CC3CCNC3)c2=N1. The van der Waals surface area contributed by atoms with Crippen LogP contribution in [0.15, 0.2) is 22.1 Å². The molecule has 18 heavy (non-hydrogen) atoms. The number of hydrogen-bond acceptors (Lipinski definition) is 2. The van der Waals surface area contributed by atoms with Crippen molar-refractivity contribution < 1.29 is 4.79 Å². The number of rotatable bonds is 2. The number of urea groups is 1. The lowest BCUT2D eigenvalue weighted by Gasteiger charge is -2.09. The van der Waals surface area contributed by atoms with Gasteiger partial charge >= 0.3 is 6.03 Å². The lowest BCUT2D eigenvalue weighted by molar-refractivity contribution is 0.256. The summed E-state index contributed by atoms with van der Waals surface area (Å²) in [5.41, 5.74) is 1.19. The molecule has 0 saturated carbocycles. The van der Waals surface area contributed by atoms with Crippen LogP contribution in [0.2, 0.25) is 0 Å². The largest absolute Gasteiger partial charge is 0.368 e. The number of fused-ring (bicyclic) bond motifs is 1. The Morgan fingerprint density at radius 3 is 2.94 bits per heavy atom. The third-order valence-corrected chi connectivity index (χ3v) is 4.29. The molecule has 96 valence electrons. The topological polar surface area (TPSA) is 53.8 Å². The summed E-state index contributed by atoms with van der Waals surface area (Å²) in [4.78, 5) is 19.2. The van der Waals surface area contributed by atoms with Crippen molar-refractivity contribution in [3.8, 4) is 0 Å². The van der Waals surface area contributed by atoms with Gasteiger partial charge in [-0.1, -0.05) is 0 Å². The molecule has 1 aromatic carbocycles. The van der Waals surface area contributed by atoms with E-state index >= 15 is 0 Å². The van der Waals surface area contributed by atoms with Gasteiger partial charge in [0.1, 0.15) is 0 Å². The van der Waals surface area contributed by atoms with E-state index in [0.29, 0.717) is 5.92 Å². The first kappa shape index (κ1) is 13.9. The standard InChI is InChI=1S/C12H12IN3O.ClH/c13-9-1-2-10-11(16-12(17)15-10)8(9)5-7-3-4-14-6-7;/h1-2,7,14H,3-6H2;1H. The first-order valence-electron chi connectivity index (χ1n) is 5.73. The van der Waals surface area contributed by atoms with Gasteiger partial charge in [0.05, 0.1) is 10.7 Å². The molecule has 0 aromatic heterocycles. The van der Waals surface area contributed by atoms with Crippen LogP contribution >= 0.6 is 35.0 Å². The van der Waals surface area contributed by atoms with Crippen molar-refractivity contribution in [2.75, 3.05) is 13.1 Å². The lowest BCUT2D eigenvalue weighted by atomic mass is 9.98. The molecule has 2 heterocycles. The van der Waals surface area contributed by atoms with Crippen molar-refractivity contribution in [3.05, 3.63) is 32.0 Å². The van der Waals surface area contributed by atoms with E-state index in [-0.39, 0.29) is 18.4 Å². The summed E-state index contributed by atoms with van der Waals surface area (Å²) in [5.74, 6) is 0.654. The molecule has 6 heteroatoms. The van der Waals surface area contributed by atoms with E-state index in [1.54, 1.807) is 0 Å². The van der Waals surface area contributed by atoms with Crippen LogP contribution in [0, 0.1) is 9.49 Å². The Morgan fingerprint density at radius 2 is 2.22 bits per heavy atom. The van der Waals surface area contributed by atoms with Gasteiger partial charge in [0.2, 0.25) is 0 Å². The molecular weight excluding hydrogens is 365 g/mol. The van der Waals surface area contributed by atoms with Crippen LogP contribution < -0.4 is 16.0 Å². The van der Waals surface area contributed by atoms with E-state index in [0.717, 1.165) is 30.2 Å². The zero-order valence-corrected chi connectivity index (χ0v) is 12.6. The van der Waals surface area contributed by atoms with E-state index in [1.807, 2.05) is 12.1 Å². The van der Waals surface area contributed by atoms with E-state index in [9.17, 15) is 4.79 Å². The molecule has 0 radical (unpaired) electrons. The molecule has 2 aliphatic rings. The predicted molar refractivity (Wildman–Crippen MR) is 78.8 cm³/mol. The van der Waals surface area contributed by atoms with Gasteiger partial charge in [-0.2, -0.15) is 9.98 Å². The number of halogens is 2. The zero-order valence-electron chi connectivity index (χ0n) is 9.65. The van der Waals surface area contributed by atoms with Crippen molar-refractivity contribution in [2.45, 2.75) is 12.8 Å². The van der Waals surface area contributed by atoms with Gasteiger partial charge in [-0.25, -0.2) is 4.79 Å². The fraction of sp³-hybridized carbons (Fsp3) is 0.417. The quantitative estimate of drug-likeness (QED) is 0.789. The summed E-state index contributed by atoms with van der Waals surface area (Å²) in [6, 6.07) is 3.53. The van der Waals surface area contributed by atoms with Gasteiger partial charge in [0, 0.05) is 3.57 Å². The fourth-order valence-corrected chi connectivity index (χ4v) is 3.06. The average Bonchev–Trinajstić information content (AvgIpc) is 2.91. The maximum absolute atomic E-state index is 11.3. The zero-order chi connectivity index (χ0) is 11.8. The first-order chi connectivity index (χ1) is 8.24. The molecule has 4 nitrogen and oxygen atoms in total. The van der Waals surface area contributed by atoms with Gasteiger partial charge in [0.15, 0.2) is 0 Å². The number of carbonyl (C=O) groups is 1. The summed E-state index contributed by atoms with van der Waals surface area (Å²) in [5, 5.41) is 4.90. The van der Waals surface area contributed by atoms with Crippen LogP contribution in [0.3, 0.4) is 0 Å². The van der Waals surface area contributed by atoms with Gasteiger partial charge in [-0.3, -0.25) is 0 Å². The highest BCUT2D eigenvalue weighted by molar-refractivity contribution is 14.1. The summed E-state index contributed by atoms with van der Waals surface area (Å²) < 4.78 is 1.18. The molecule has 1 fully saturated rings. The minimum absolute atomic E-state index is 0. The molecule has 0 aliphatic carbocycles. The van der Waals surface area contributed by atoms with Crippen LogP contribution in [-0.2, 0) is 6.42 Å². The second-order valence-corrected chi connectivity index (χ2v) is 5.62. The van der Waals surface area contributed by atoms with Crippen molar-refractivity contribution in [3.63, 3.8) is 0 Å². The molecular formula is C12H13ClIN3O. The van der Waals surface area contributed by atoms with E-state index < -0.39 is 0 Å². The average molecular weight is 378 g/mol. The Hall–Kier alpha value is -0.530. The Bertz CT molecular complexity index is 596. The van der Waals surface area contributed by atoms with Crippen LogP contribution in [0.1, 0.15) is 12.0 Å². The number of benzene rings is 1. The normalized spacial score (nSPS) is 20.9. The van der Waals surface area contributed by atoms with Gasteiger partial charge < -0.3 is 5.32 Å². The molecule has 0 bridgehead atoms. The molecule has 3 rings (SSSR count). The number of nitrogens with one attached hydrogen (secondary N) is 1. The second-order valence-electron chi connectivity index (χ2n) is 4.46. The van der Waals surface area contributed by atoms with E-state index in [1.165, 1.54) is 15.6 Å². The molecule has 1 saturated heterocycles. The summed E-state index contributed by atoms with van der Waals surface area (Å²) in [6.07, 6.45) is 2.19. The van der Waals surface area contributed by atoms with Crippen molar-refractivity contribution in [1.29, 1.82) is 0 Å². The van der Waals surface area contributed by atoms with Crippen LogP contribution in [0.5, 0.6) is 0 Å². The highest BCUT2D eigenvalue weighted by Crippen LogP contribution is 2.16. The predicted octanol–water partition coefficient (Wildman–Crippen LogP) is 1.24. The highest BCUT2D eigenvalue weighted by atomic mass is 127. The van der Waals surface area contributed by atoms with Crippen molar-refractivity contribution in [2.24, 2.45) is 15.9 Å². The minimum Gasteiger partial charge on any atom is -0.316 e. The second kappa shape index (κ2) is 5.63. The smallest absolute Gasteiger partial charge is 0.316 e. The molecule has 1 atom stereocenters. The van der Waals surface area contributed by atoms with E-state index in [4.69, 9.17) is 0 Å². The summed E-state index contributed by atoms with van der Waals surface area (Å²) >= 11 is 2.31. The van der Waals surface area contributed by atoms with Crippen molar-refractivity contribution in [1.82, 2.24) is 5.32 Å². The summed E-state index contributed by atoms with van der Waals surface area (Å²) in [7, 11) is 0. The molecule has 0 spiro atoms. The molecule has 1 unspecified atom stereocenters. The Labute approximate surface area is 125 Å². The number of hydrogen-bond donors (Lipinski definition) is 1. The van der Waals surface area contributed by atoms with Gasteiger partial charge in [0.25, 0.3) is 0 Å². The van der Waals surface area contributed by atoms with Gasteiger partial charge in [-0.15, -0.1) is 12.4 Å².